The van der Waals surface area contributed by atoms with Gasteiger partial charge in [-0.05, 0) is 25.0 Å². The zero-order valence-corrected chi connectivity index (χ0v) is 16.9. The molecule has 0 aliphatic carbocycles. The van der Waals surface area contributed by atoms with Crippen LogP contribution in [0.3, 0.4) is 0 Å². The second-order valence-corrected chi connectivity index (χ2v) is 8.45. The lowest BCUT2D eigenvalue weighted by molar-refractivity contribution is -0.150. The Morgan fingerprint density at radius 1 is 1.14 bits per heavy atom. The lowest BCUT2D eigenvalue weighted by Crippen LogP contribution is -2.57. The largest absolute Gasteiger partial charge is 0.493 e. The summed E-state index contributed by atoms with van der Waals surface area (Å²) in [5, 5.41) is 0. The molecular weight excluding hydrogens is 369 g/mol. The number of fused-ring (bicyclic) bond motifs is 4. The van der Waals surface area contributed by atoms with Crippen LogP contribution in [0, 0.1) is 11.7 Å². The van der Waals surface area contributed by atoms with Gasteiger partial charge in [-0.3, -0.25) is 4.90 Å². The predicted molar refractivity (Wildman–Crippen MR) is 109 cm³/mol. The number of likely N-dealkylation sites (tertiary alicyclic amines) is 1. The molecule has 3 heterocycles. The fraction of sp³-hybridized carbons (Fsp3) is 0.500. The fourth-order valence-electron chi connectivity index (χ4n) is 5.36. The highest BCUT2D eigenvalue weighted by Gasteiger charge is 2.53. The van der Waals surface area contributed by atoms with Crippen LogP contribution in [-0.2, 0) is 11.3 Å². The summed E-state index contributed by atoms with van der Waals surface area (Å²) in [4.78, 5) is 2.34. The molecule has 0 amide bonds. The van der Waals surface area contributed by atoms with Gasteiger partial charge in [0.05, 0.1) is 13.2 Å². The van der Waals surface area contributed by atoms with Gasteiger partial charge in [-0.1, -0.05) is 30.3 Å². The van der Waals surface area contributed by atoms with Crippen LogP contribution in [0.5, 0.6) is 11.5 Å². The maximum absolute atomic E-state index is 14.1. The Bertz CT molecular complexity index is 878. The molecule has 0 aromatic heterocycles. The van der Waals surface area contributed by atoms with Crippen molar-refractivity contribution < 1.29 is 18.6 Å². The fourth-order valence-corrected chi connectivity index (χ4v) is 5.36. The van der Waals surface area contributed by atoms with Crippen LogP contribution < -0.4 is 9.47 Å². The Kier molecular flexibility index (Phi) is 4.96. The first-order valence-corrected chi connectivity index (χ1v) is 10.6. The lowest BCUT2D eigenvalue weighted by atomic mass is 9.70. The molecule has 2 aromatic rings. The summed E-state index contributed by atoms with van der Waals surface area (Å²) >= 11 is 0. The van der Waals surface area contributed by atoms with Crippen molar-refractivity contribution in [1.82, 2.24) is 4.90 Å². The smallest absolute Gasteiger partial charge is 0.167 e. The van der Waals surface area contributed by atoms with Gasteiger partial charge in [-0.2, -0.15) is 0 Å². The highest BCUT2D eigenvalue weighted by Crippen LogP contribution is 2.55. The Balaban J connectivity index is 1.39. The number of rotatable bonds is 3. The average Bonchev–Trinajstić information content (AvgIpc) is 2.77. The van der Waals surface area contributed by atoms with Gasteiger partial charge in [-0.25, -0.2) is 4.39 Å². The third kappa shape index (κ3) is 3.30. The van der Waals surface area contributed by atoms with E-state index in [4.69, 9.17) is 14.2 Å². The molecule has 3 aliphatic heterocycles. The molecule has 0 saturated carbocycles. The Morgan fingerprint density at radius 3 is 2.76 bits per heavy atom. The van der Waals surface area contributed by atoms with Gasteiger partial charge in [0.1, 0.15) is 11.4 Å². The normalized spacial score (nSPS) is 25.7. The van der Waals surface area contributed by atoms with Crippen LogP contribution in [0.15, 0.2) is 42.5 Å². The number of benzene rings is 2. The van der Waals surface area contributed by atoms with Crippen LogP contribution in [0.1, 0.15) is 42.9 Å². The first kappa shape index (κ1) is 18.9. The molecule has 29 heavy (non-hydrogen) atoms. The van der Waals surface area contributed by atoms with Crippen molar-refractivity contribution in [2.75, 3.05) is 26.8 Å². The molecule has 4 nitrogen and oxygen atoms in total. The molecular formula is C24H28FNO3. The van der Waals surface area contributed by atoms with E-state index in [2.05, 4.69) is 11.0 Å². The van der Waals surface area contributed by atoms with Crippen LogP contribution >= 0.6 is 0 Å². The SMILES string of the molecule is COc1cccc2c1OC1(CCN(Cc3ccccc3F)CC1)[C@H]1CCCO[C@H]21. The lowest BCUT2D eigenvalue weighted by Gasteiger charge is -2.53. The summed E-state index contributed by atoms with van der Waals surface area (Å²) in [6.07, 6.45) is 4.10. The number of halogens is 1. The van der Waals surface area contributed by atoms with E-state index in [1.165, 1.54) is 6.07 Å². The van der Waals surface area contributed by atoms with Crippen molar-refractivity contribution in [2.24, 2.45) is 5.92 Å². The van der Waals surface area contributed by atoms with E-state index < -0.39 is 0 Å². The predicted octanol–water partition coefficient (Wildman–Crippen LogP) is 4.73. The topological polar surface area (TPSA) is 30.9 Å². The van der Waals surface area contributed by atoms with E-state index in [1.807, 2.05) is 24.3 Å². The quantitative estimate of drug-likeness (QED) is 0.749. The molecule has 0 unspecified atom stereocenters. The molecule has 0 N–H and O–H groups in total. The summed E-state index contributed by atoms with van der Waals surface area (Å²) in [5.74, 6) is 1.86. The molecule has 1 spiro atoms. The molecule has 154 valence electrons. The van der Waals surface area contributed by atoms with Crippen LogP contribution in [0.4, 0.5) is 4.39 Å². The van der Waals surface area contributed by atoms with Gasteiger partial charge in [0.25, 0.3) is 0 Å². The summed E-state index contributed by atoms with van der Waals surface area (Å²) in [5.41, 5.74) is 1.64. The highest BCUT2D eigenvalue weighted by molar-refractivity contribution is 5.50. The molecule has 2 saturated heterocycles. The molecule has 5 heteroatoms. The van der Waals surface area contributed by atoms with Crippen LogP contribution in [-0.4, -0.2) is 37.3 Å². The van der Waals surface area contributed by atoms with E-state index in [0.717, 1.165) is 68.0 Å². The van der Waals surface area contributed by atoms with E-state index in [-0.39, 0.29) is 17.5 Å². The van der Waals surface area contributed by atoms with Crippen molar-refractivity contribution in [3.8, 4) is 11.5 Å². The minimum atomic E-state index is -0.238. The van der Waals surface area contributed by atoms with Crippen molar-refractivity contribution in [3.63, 3.8) is 0 Å². The highest BCUT2D eigenvalue weighted by atomic mass is 19.1. The molecule has 2 aromatic carbocycles. The van der Waals surface area contributed by atoms with E-state index in [9.17, 15) is 4.39 Å². The molecule has 0 radical (unpaired) electrons. The number of ether oxygens (including phenoxy) is 3. The first-order chi connectivity index (χ1) is 14.2. The average molecular weight is 397 g/mol. The Labute approximate surface area is 171 Å². The standard InChI is InChI=1S/C24H28FNO3/c1-27-21-10-4-7-18-22-19(8-5-15-28-22)24(29-23(18)21)11-13-26(14-12-24)16-17-6-2-3-9-20(17)25/h2-4,6-7,9-10,19,22H,5,8,11-16H2,1H3/t19-,22+/m0/s1. The third-order valence-corrected chi connectivity index (χ3v) is 6.89. The zero-order valence-electron chi connectivity index (χ0n) is 16.9. The number of piperidine rings is 1. The molecule has 0 bridgehead atoms. The van der Waals surface area contributed by atoms with E-state index >= 15 is 0 Å². The minimum absolute atomic E-state index is 0.0701. The Morgan fingerprint density at radius 2 is 1.97 bits per heavy atom. The number of nitrogens with zero attached hydrogens (tertiary/aromatic N) is 1. The number of hydrogen-bond acceptors (Lipinski definition) is 4. The number of methoxy groups -OCH3 is 1. The second-order valence-electron chi connectivity index (χ2n) is 8.45. The summed E-state index contributed by atoms with van der Waals surface area (Å²) in [6.45, 7) is 3.23. The third-order valence-electron chi connectivity index (χ3n) is 6.89. The number of para-hydroxylation sites is 1. The molecule has 3 aliphatic rings. The molecule has 2 fully saturated rings. The van der Waals surface area contributed by atoms with Crippen molar-refractivity contribution in [1.29, 1.82) is 0 Å². The first-order valence-electron chi connectivity index (χ1n) is 10.6. The van der Waals surface area contributed by atoms with Gasteiger partial charge in [0.15, 0.2) is 11.5 Å². The summed E-state index contributed by atoms with van der Waals surface area (Å²) in [7, 11) is 1.69. The summed E-state index contributed by atoms with van der Waals surface area (Å²) < 4.78 is 32.7. The van der Waals surface area contributed by atoms with Gasteiger partial charge in [-0.15, -0.1) is 0 Å². The van der Waals surface area contributed by atoms with E-state index in [0.29, 0.717) is 12.5 Å². The van der Waals surface area contributed by atoms with Crippen LogP contribution in [0.25, 0.3) is 0 Å². The van der Waals surface area contributed by atoms with Crippen molar-refractivity contribution in [3.05, 3.63) is 59.4 Å². The van der Waals surface area contributed by atoms with Crippen molar-refractivity contribution in [2.45, 2.75) is 43.9 Å². The van der Waals surface area contributed by atoms with Crippen molar-refractivity contribution >= 4 is 0 Å². The molecule has 5 rings (SSSR count). The van der Waals surface area contributed by atoms with Crippen LogP contribution in [0.2, 0.25) is 0 Å². The van der Waals surface area contributed by atoms with Gasteiger partial charge in [0, 0.05) is 56.1 Å². The monoisotopic (exact) mass is 397 g/mol. The van der Waals surface area contributed by atoms with E-state index in [1.54, 1.807) is 13.2 Å². The minimum Gasteiger partial charge on any atom is -0.493 e. The van der Waals surface area contributed by atoms with Gasteiger partial charge in [0.2, 0.25) is 0 Å². The maximum atomic E-state index is 14.1. The molecule has 2 atom stereocenters. The van der Waals surface area contributed by atoms with Gasteiger partial charge >= 0.3 is 0 Å². The Hall–Kier alpha value is -2.11. The second kappa shape index (κ2) is 7.62. The maximum Gasteiger partial charge on any atom is 0.167 e. The number of hydrogen-bond donors (Lipinski definition) is 0. The zero-order chi connectivity index (χ0) is 19.8. The summed E-state index contributed by atoms with van der Waals surface area (Å²) in [6, 6.07) is 13.2. The van der Waals surface area contributed by atoms with Gasteiger partial charge < -0.3 is 14.2 Å².